The zero-order valence-corrected chi connectivity index (χ0v) is 18.1. The van der Waals surface area contributed by atoms with Crippen LogP contribution in [0.4, 0.5) is 4.79 Å². The van der Waals surface area contributed by atoms with Crippen LogP contribution in [0, 0.1) is 0 Å². The summed E-state index contributed by atoms with van der Waals surface area (Å²) in [4.78, 5) is 36.7. The highest BCUT2D eigenvalue weighted by molar-refractivity contribution is 6.46. The Morgan fingerprint density at radius 1 is 1.25 bits per heavy atom. The van der Waals surface area contributed by atoms with Gasteiger partial charge in [0.15, 0.2) is 13.1 Å². The Kier molecular flexibility index (Phi) is 8.49. The van der Waals surface area contributed by atoms with Crippen LogP contribution in [0.2, 0.25) is 0 Å². The summed E-state index contributed by atoms with van der Waals surface area (Å²) in [5.74, 6) is -0.887. The standard InChI is InChI=1S/C21H29BN2O8/c1-14(25)8-9-18(26)23-17-12-15-6-5-7-16(19(15)32-22(17)29)20(27)30-13-31-21(28)24-10-3-2-4-11-24/h5-7,17,20,27,29H,2-4,8-13H2,1H3,(H,23,26)/t17-,20?/m0/s1. The van der Waals surface area contributed by atoms with Crippen molar-refractivity contribution >= 4 is 24.9 Å². The van der Waals surface area contributed by atoms with Crippen molar-refractivity contribution in [1.29, 1.82) is 0 Å². The van der Waals surface area contributed by atoms with Crippen molar-refractivity contribution in [2.75, 3.05) is 19.9 Å². The van der Waals surface area contributed by atoms with Crippen LogP contribution in [0.5, 0.6) is 5.75 Å². The number of para-hydroxylation sites is 1. The molecule has 174 valence electrons. The lowest BCUT2D eigenvalue weighted by Gasteiger charge is -2.30. The largest absolute Gasteiger partial charge is 0.547 e. The van der Waals surface area contributed by atoms with E-state index >= 15 is 0 Å². The molecule has 0 aliphatic carbocycles. The second kappa shape index (κ2) is 11.3. The smallest absolute Gasteiger partial charge is 0.534 e. The highest BCUT2D eigenvalue weighted by atomic mass is 16.7. The van der Waals surface area contributed by atoms with Crippen LogP contribution in [0.15, 0.2) is 18.2 Å². The fourth-order valence-electron chi connectivity index (χ4n) is 3.74. The van der Waals surface area contributed by atoms with Crippen LogP contribution >= 0.6 is 0 Å². The summed E-state index contributed by atoms with van der Waals surface area (Å²) >= 11 is 0. The molecule has 0 radical (unpaired) electrons. The number of ketones is 1. The summed E-state index contributed by atoms with van der Waals surface area (Å²) in [6.45, 7) is 2.26. The molecule has 2 heterocycles. The van der Waals surface area contributed by atoms with Gasteiger partial charge in [-0.2, -0.15) is 0 Å². The van der Waals surface area contributed by atoms with Gasteiger partial charge in [0.05, 0.1) is 5.94 Å². The van der Waals surface area contributed by atoms with E-state index in [1.807, 2.05) is 0 Å². The molecule has 1 fully saturated rings. The molecule has 0 saturated carbocycles. The van der Waals surface area contributed by atoms with Gasteiger partial charge in [-0.15, -0.1) is 0 Å². The van der Waals surface area contributed by atoms with E-state index in [0.717, 1.165) is 19.3 Å². The van der Waals surface area contributed by atoms with Gasteiger partial charge in [0.25, 0.3) is 0 Å². The molecule has 2 aliphatic rings. The molecular formula is C21H29BN2O8. The SMILES string of the molecule is CC(=O)CCC(=O)N[C@H]1Cc2cccc(C(O)OCOC(=O)N3CCCCC3)c2OB1O. The van der Waals surface area contributed by atoms with E-state index in [2.05, 4.69) is 5.32 Å². The number of aliphatic hydroxyl groups excluding tert-OH is 1. The Hall–Kier alpha value is -2.63. The molecule has 1 saturated heterocycles. The number of amides is 2. The number of likely N-dealkylation sites (tertiary alicyclic amines) is 1. The first-order chi connectivity index (χ1) is 15.3. The van der Waals surface area contributed by atoms with Gasteiger partial charge in [-0.05, 0) is 38.2 Å². The lowest BCUT2D eigenvalue weighted by atomic mass is 9.72. The van der Waals surface area contributed by atoms with E-state index in [9.17, 15) is 24.5 Å². The Balaban J connectivity index is 1.55. The highest BCUT2D eigenvalue weighted by Crippen LogP contribution is 2.34. The quantitative estimate of drug-likeness (QED) is 0.397. The first kappa shape index (κ1) is 24.0. The van der Waals surface area contributed by atoms with Gasteiger partial charge in [0.1, 0.15) is 11.5 Å². The molecule has 0 aromatic heterocycles. The van der Waals surface area contributed by atoms with Crippen molar-refractivity contribution in [1.82, 2.24) is 10.2 Å². The third-order valence-electron chi connectivity index (χ3n) is 5.49. The molecule has 1 aromatic rings. The number of rotatable bonds is 8. The maximum Gasteiger partial charge on any atom is 0.547 e. The van der Waals surface area contributed by atoms with E-state index in [1.165, 1.54) is 6.92 Å². The minimum atomic E-state index is -1.44. The zero-order valence-electron chi connectivity index (χ0n) is 18.1. The summed E-state index contributed by atoms with van der Waals surface area (Å²) in [6, 6.07) is 5.02. The molecule has 32 heavy (non-hydrogen) atoms. The van der Waals surface area contributed by atoms with Gasteiger partial charge in [-0.25, -0.2) is 4.79 Å². The van der Waals surface area contributed by atoms with Gasteiger partial charge in [-0.3, -0.25) is 4.79 Å². The van der Waals surface area contributed by atoms with Gasteiger partial charge in [-0.1, -0.05) is 18.2 Å². The summed E-state index contributed by atoms with van der Waals surface area (Å²) in [5.41, 5.74) is 0.939. The summed E-state index contributed by atoms with van der Waals surface area (Å²) in [7, 11) is -1.34. The molecule has 3 N–H and O–H groups in total. The van der Waals surface area contributed by atoms with Crippen molar-refractivity contribution < 1.29 is 38.6 Å². The molecular weight excluding hydrogens is 419 g/mol. The number of ether oxygens (including phenoxy) is 2. The Bertz CT molecular complexity index is 830. The molecule has 10 nitrogen and oxygen atoms in total. The van der Waals surface area contributed by atoms with Crippen molar-refractivity contribution in [2.45, 2.75) is 57.7 Å². The predicted molar refractivity (Wildman–Crippen MR) is 113 cm³/mol. The molecule has 2 atom stereocenters. The number of piperidine rings is 1. The Morgan fingerprint density at radius 2 is 2.00 bits per heavy atom. The minimum Gasteiger partial charge on any atom is -0.534 e. The normalized spacial score (nSPS) is 18.9. The van der Waals surface area contributed by atoms with Gasteiger partial charge in [0, 0.05) is 31.5 Å². The van der Waals surface area contributed by atoms with Crippen LogP contribution in [0.3, 0.4) is 0 Å². The summed E-state index contributed by atoms with van der Waals surface area (Å²) in [6.07, 6.45) is 1.48. The number of hydrogen-bond donors (Lipinski definition) is 3. The number of Topliss-reactive ketones (excluding diaryl/α,β-unsaturated/α-hetero) is 1. The third kappa shape index (κ3) is 6.44. The first-order valence-corrected chi connectivity index (χ1v) is 10.8. The van der Waals surface area contributed by atoms with Gasteiger partial charge < -0.3 is 39.3 Å². The third-order valence-corrected chi connectivity index (χ3v) is 5.49. The molecule has 11 heteroatoms. The lowest BCUT2D eigenvalue weighted by Crippen LogP contribution is -2.53. The number of benzene rings is 1. The van der Waals surface area contributed by atoms with Crippen LogP contribution in [0.25, 0.3) is 0 Å². The number of fused-ring (bicyclic) bond motifs is 1. The zero-order chi connectivity index (χ0) is 23.1. The molecule has 2 amide bonds. The lowest BCUT2D eigenvalue weighted by molar-refractivity contribution is -0.158. The monoisotopic (exact) mass is 448 g/mol. The average molecular weight is 448 g/mol. The number of nitrogens with one attached hydrogen (secondary N) is 1. The minimum absolute atomic E-state index is 0.0359. The maximum atomic E-state index is 12.0. The van der Waals surface area contributed by atoms with Crippen LogP contribution in [-0.2, 0) is 25.5 Å². The van der Waals surface area contributed by atoms with Crippen LogP contribution in [0.1, 0.15) is 56.4 Å². The maximum absolute atomic E-state index is 12.0. The summed E-state index contributed by atoms with van der Waals surface area (Å²) in [5, 5.41) is 23.4. The molecule has 2 aliphatic heterocycles. The van der Waals surface area contributed by atoms with Crippen LogP contribution in [-0.4, -0.2) is 65.8 Å². The van der Waals surface area contributed by atoms with Crippen molar-refractivity contribution in [3.8, 4) is 5.75 Å². The van der Waals surface area contributed by atoms with E-state index in [-0.39, 0.29) is 42.3 Å². The average Bonchev–Trinajstić information content (AvgIpc) is 2.78. The van der Waals surface area contributed by atoms with Crippen molar-refractivity contribution in [3.05, 3.63) is 29.3 Å². The summed E-state index contributed by atoms with van der Waals surface area (Å²) < 4.78 is 15.9. The molecule has 0 bridgehead atoms. The number of hydrogen-bond acceptors (Lipinski definition) is 8. The fourth-order valence-corrected chi connectivity index (χ4v) is 3.74. The second-order valence-corrected chi connectivity index (χ2v) is 8.02. The molecule has 1 unspecified atom stereocenters. The van der Waals surface area contributed by atoms with Crippen molar-refractivity contribution in [3.63, 3.8) is 0 Å². The predicted octanol–water partition coefficient (Wildman–Crippen LogP) is 1.08. The van der Waals surface area contributed by atoms with Crippen LogP contribution < -0.4 is 9.97 Å². The Labute approximate surface area is 187 Å². The first-order valence-electron chi connectivity index (χ1n) is 10.8. The highest BCUT2D eigenvalue weighted by Gasteiger charge is 2.37. The van der Waals surface area contributed by atoms with E-state index in [4.69, 9.17) is 14.1 Å². The van der Waals surface area contributed by atoms with E-state index in [1.54, 1.807) is 23.1 Å². The number of aliphatic hydroxyl groups is 1. The topological polar surface area (TPSA) is 135 Å². The van der Waals surface area contributed by atoms with Gasteiger partial charge in [0.2, 0.25) is 5.91 Å². The van der Waals surface area contributed by atoms with E-state index < -0.39 is 32.2 Å². The number of carbonyl (C=O) groups is 3. The number of carbonyl (C=O) groups excluding carboxylic acids is 3. The van der Waals surface area contributed by atoms with Crippen molar-refractivity contribution in [2.24, 2.45) is 0 Å². The number of nitrogens with zero attached hydrogens (tertiary/aromatic N) is 1. The van der Waals surface area contributed by atoms with E-state index in [0.29, 0.717) is 18.7 Å². The molecule has 3 rings (SSSR count). The second-order valence-electron chi connectivity index (χ2n) is 8.02. The van der Waals surface area contributed by atoms with Gasteiger partial charge >= 0.3 is 13.2 Å². The molecule has 0 spiro atoms. The Morgan fingerprint density at radius 3 is 2.72 bits per heavy atom. The fraction of sp³-hybridized carbons (Fsp3) is 0.571. The molecule has 1 aromatic carbocycles.